The standard InChI is InChI=1S/C16H17Cl2N3O3S2/c1-9(2)26(23,24)21-6-5-13-14(8-21)25-16(19-13)20-15(22)11-7-10(17)3-4-12(11)18/h3-4,7,9H,5-6,8H2,1-2H3,(H,19,20,22). The van der Waals surface area contributed by atoms with Crippen LogP contribution in [0.5, 0.6) is 0 Å². The maximum Gasteiger partial charge on any atom is 0.259 e. The van der Waals surface area contributed by atoms with Gasteiger partial charge in [0.15, 0.2) is 5.13 Å². The molecule has 0 spiro atoms. The molecular weight excluding hydrogens is 417 g/mol. The van der Waals surface area contributed by atoms with Crippen molar-refractivity contribution in [3.8, 4) is 0 Å². The molecule has 1 aliphatic heterocycles. The minimum absolute atomic E-state index is 0.261. The Morgan fingerprint density at radius 1 is 1.35 bits per heavy atom. The van der Waals surface area contributed by atoms with Crippen molar-refractivity contribution in [1.29, 1.82) is 0 Å². The average Bonchev–Trinajstić information content (AvgIpc) is 2.97. The van der Waals surface area contributed by atoms with Crippen LogP contribution < -0.4 is 5.32 Å². The third-order valence-electron chi connectivity index (χ3n) is 4.05. The summed E-state index contributed by atoms with van der Waals surface area (Å²) in [5.74, 6) is -0.407. The number of hydrogen-bond donors (Lipinski definition) is 1. The number of benzene rings is 1. The van der Waals surface area contributed by atoms with Crippen LogP contribution in [0.3, 0.4) is 0 Å². The predicted molar refractivity (Wildman–Crippen MR) is 105 cm³/mol. The Labute approximate surface area is 166 Å². The number of fused-ring (bicyclic) bond motifs is 1. The maximum atomic E-state index is 12.4. The summed E-state index contributed by atoms with van der Waals surface area (Å²) in [7, 11) is -3.32. The quantitative estimate of drug-likeness (QED) is 0.794. The highest BCUT2D eigenvalue weighted by atomic mass is 35.5. The first-order chi connectivity index (χ1) is 12.2. The second-order valence-corrected chi connectivity index (χ2v) is 10.6. The Kier molecular flexibility index (Phi) is 5.60. The van der Waals surface area contributed by atoms with Crippen molar-refractivity contribution < 1.29 is 13.2 Å². The molecule has 0 bridgehead atoms. The van der Waals surface area contributed by atoms with E-state index in [1.54, 1.807) is 26.0 Å². The molecule has 0 fully saturated rings. The van der Waals surface area contributed by atoms with Crippen LogP contribution >= 0.6 is 34.5 Å². The summed E-state index contributed by atoms with van der Waals surface area (Å²) in [6, 6.07) is 4.65. The van der Waals surface area contributed by atoms with Gasteiger partial charge in [0.1, 0.15) is 0 Å². The molecule has 0 radical (unpaired) electrons. The summed E-state index contributed by atoms with van der Waals surface area (Å²) in [4.78, 5) is 17.7. The second kappa shape index (κ2) is 7.44. The van der Waals surface area contributed by atoms with Gasteiger partial charge in [-0.15, -0.1) is 11.3 Å². The van der Waals surface area contributed by atoms with E-state index in [0.29, 0.717) is 28.1 Å². The number of carbonyl (C=O) groups is 1. The van der Waals surface area contributed by atoms with Crippen molar-refractivity contribution in [3.63, 3.8) is 0 Å². The molecule has 3 rings (SSSR count). The molecule has 0 aliphatic carbocycles. The van der Waals surface area contributed by atoms with Gasteiger partial charge in [-0.05, 0) is 32.0 Å². The van der Waals surface area contributed by atoms with Gasteiger partial charge >= 0.3 is 0 Å². The molecule has 0 atom stereocenters. The molecule has 1 aliphatic rings. The molecule has 1 amide bonds. The highest BCUT2D eigenvalue weighted by Gasteiger charge is 2.31. The van der Waals surface area contributed by atoms with Crippen LogP contribution in [-0.2, 0) is 23.0 Å². The molecule has 6 nitrogen and oxygen atoms in total. The lowest BCUT2D eigenvalue weighted by Crippen LogP contribution is -2.39. The lowest BCUT2D eigenvalue weighted by molar-refractivity contribution is 0.102. The minimum Gasteiger partial charge on any atom is -0.298 e. The Morgan fingerprint density at radius 2 is 2.08 bits per heavy atom. The summed E-state index contributed by atoms with van der Waals surface area (Å²) in [6.07, 6.45) is 0.519. The molecule has 1 N–H and O–H groups in total. The number of amides is 1. The van der Waals surface area contributed by atoms with Gasteiger partial charge in [0, 0.05) is 29.4 Å². The Hall–Kier alpha value is -1.19. The highest BCUT2D eigenvalue weighted by Crippen LogP contribution is 2.31. The first kappa shape index (κ1) is 19.6. The normalized spacial score (nSPS) is 15.1. The number of nitrogens with zero attached hydrogens (tertiary/aromatic N) is 2. The summed E-state index contributed by atoms with van der Waals surface area (Å²) in [5.41, 5.74) is 1.08. The fourth-order valence-electron chi connectivity index (χ4n) is 2.58. The van der Waals surface area contributed by atoms with Gasteiger partial charge in [0.25, 0.3) is 5.91 Å². The third kappa shape index (κ3) is 3.89. The predicted octanol–water partition coefficient (Wildman–Crippen LogP) is 3.80. The summed E-state index contributed by atoms with van der Waals surface area (Å²) < 4.78 is 26.2. The number of thiazole rings is 1. The molecule has 2 heterocycles. The van der Waals surface area contributed by atoms with E-state index in [1.807, 2.05) is 0 Å². The van der Waals surface area contributed by atoms with Crippen molar-refractivity contribution in [3.05, 3.63) is 44.4 Å². The van der Waals surface area contributed by atoms with Gasteiger partial charge < -0.3 is 0 Å². The SMILES string of the molecule is CC(C)S(=O)(=O)N1CCc2nc(NC(=O)c3cc(Cl)ccc3Cl)sc2C1. The van der Waals surface area contributed by atoms with Crippen LogP contribution in [0.1, 0.15) is 34.8 Å². The molecule has 0 saturated carbocycles. The first-order valence-corrected chi connectivity index (χ1v) is 11.0. The van der Waals surface area contributed by atoms with Crippen LogP contribution in [0.4, 0.5) is 5.13 Å². The van der Waals surface area contributed by atoms with Crippen LogP contribution in [0.15, 0.2) is 18.2 Å². The van der Waals surface area contributed by atoms with Gasteiger partial charge in [-0.1, -0.05) is 23.2 Å². The molecule has 1 aromatic heterocycles. The molecule has 0 unspecified atom stereocenters. The number of hydrogen-bond acceptors (Lipinski definition) is 5. The Morgan fingerprint density at radius 3 is 2.77 bits per heavy atom. The molecular formula is C16H17Cl2N3O3S2. The van der Waals surface area contributed by atoms with Crippen molar-refractivity contribution in [1.82, 2.24) is 9.29 Å². The number of halogens is 2. The number of anilines is 1. The Balaban J connectivity index is 1.78. The molecule has 140 valence electrons. The van der Waals surface area contributed by atoms with Crippen molar-refractivity contribution in [2.24, 2.45) is 0 Å². The maximum absolute atomic E-state index is 12.4. The summed E-state index contributed by atoms with van der Waals surface area (Å²) >= 11 is 13.2. The zero-order valence-corrected chi connectivity index (χ0v) is 17.3. The van der Waals surface area contributed by atoms with Gasteiger partial charge in [-0.25, -0.2) is 13.4 Å². The van der Waals surface area contributed by atoms with E-state index >= 15 is 0 Å². The van der Waals surface area contributed by atoms with E-state index in [9.17, 15) is 13.2 Å². The van der Waals surface area contributed by atoms with Crippen LogP contribution in [-0.4, -0.2) is 35.4 Å². The lowest BCUT2D eigenvalue weighted by atomic mass is 10.2. The molecule has 0 saturated heterocycles. The number of rotatable bonds is 4. The van der Waals surface area contributed by atoms with Crippen molar-refractivity contribution in [2.45, 2.75) is 32.1 Å². The lowest BCUT2D eigenvalue weighted by Gasteiger charge is -2.26. The average molecular weight is 434 g/mol. The van der Waals surface area contributed by atoms with Gasteiger partial charge in [-0.3, -0.25) is 10.1 Å². The zero-order chi connectivity index (χ0) is 19.1. The highest BCUT2D eigenvalue weighted by molar-refractivity contribution is 7.89. The largest absolute Gasteiger partial charge is 0.298 e. The molecule has 10 heteroatoms. The van der Waals surface area contributed by atoms with Gasteiger partial charge in [-0.2, -0.15) is 4.31 Å². The van der Waals surface area contributed by atoms with Crippen LogP contribution in [0.25, 0.3) is 0 Å². The van der Waals surface area contributed by atoms with E-state index in [1.165, 1.54) is 21.7 Å². The Bertz CT molecular complexity index is 958. The number of sulfonamides is 1. The number of carbonyl (C=O) groups excluding carboxylic acids is 1. The smallest absolute Gasteiger partial charge is 0.259 e. The number of nitrogens with one attached hydrogen (secondary N) is 1. The van der Waals surface area contributed by atoms with E-state index < -0.39 is 21.2 Å². The van der Waals surface area contributed by atoms with Crippen LogP contribution in [0.2, 0.25) is 10.0 Å². The zero-order valence-electron chi connectivity index (χ0n) is 14.1. The van der Waals surface area contributed by atoms with E-state index in [2.05, 4.69) is 10.3 Å². The fourth-order valence-corrected chi connectivity index (χ4v) is 5.30. The van der Waals surface area contributed by atoms with Crippen LogP contribution in [0, 0.1) is 0 Å². The second-order valence-electron chi connectivity index (χ2n) is 6.14. The van der Waals surface area contributed by atoms with E-state index in [0.717, 1.165) is 10.6 Å². The van der Waals surface area contributed by atoms with Crippen molar-refractivity contribution >= 4 is 55.6 Å². The molecule has 26 heavy (non-hydrogen) atoms. The van der Waals surface area contributed by atoms with Gasteiger partial charge in [0.2, 0.25) is 10.0 Å². The third-order valence-corrected chi connectivity index (χ3v) is 7.83. The minimum atomic E-state index is -3.32. The van der Waals surface area contributed by atoms with Gasteiger partial charge in [0.05, 0.1) is 21.5 Å². The number of aromatic nitrogens is 1. The fraction of sp³-hybridized carbons (Fsp3) is 0.375. The topological polar surface area (TPSA) is 79.4 Å². The van der Waals surface area contributed by atoms with E-state index in [4.69, 9.17) is 23.2 Å². The first-order valence-electron chi connectivity index (χ1n) is 7.92. The molecule has 2 aromatic rings. The monoisotopic (exact) mass is 433 g/mol. The van der Waals surface area contributed by atoms with Crippen molar-refractivity contribution in [2.75, 3.05) is 11.9 Å². The molecule has 1 aromatic carbocycles. The summed E-state index contributed by atoms with van der Waals surface area (Å²) in [5, 5.41) is 3.37. The summed E-state index contributed by atoms with van der Waals surface area (Å²) in [6.45, 7) is 4.00. The van der Waals surface area contributed by atoms with E-state index in [-0.39, 0.29) is 12.1 Å².